The van der Waals surface area contributed by atoms with Crippen molar-refractivity contribution in [3.63, 3.8) is 0 Å². The first-order valence-electron chi connectivity index (χ1n) is 10.1. The third-order valence-corrected chi connectivity index (χ3v) is 4.52. The summed E-state index contributed by atoms with van der Waals surface area (Å²) >= 11 is 0. The van der Waals surface area contributed by atoms with Crippen molar-refractivity contribution in [2.45, 2.75) is 6.92 Å². The van der Waals surface area contributed by atoms with E-state index < -0.39 is 11.9 Å². The van der Waals surface area contributed by atoms with Gasteiger partial charge in [-0.3, -0.25) is 9.59 Å². The molecule has 3 rings (SSSR count). The van der Waals surface area contributed by atoms with Gasteiger partial charge in [0.15, 0.2) is 0 Å². The number of methoxy groups -OCH3 is 1. The van der Waals surface area contributed by atoms with E-state index in [9.17, 15) is 14.4 Å². The average Bonchev–Trinajstić information content (AvgIpc) is 2.83. The van der Waals surface area contributed by atoms with Crippen molar-refractivity contribution >= 4 is 24.0 Å². The number of nitrogens with zero attached hydrogens (tertiary/aromatic N) is 1. The molecule has 0 atom stereocenters. The summed E-state index contributed by atoms with van der Waals surface area (Å²) in [5.41, 5.74) is 4.84. The molecule has 0 spiro atoms. The summed E-state index contributed by atoms with van der Waals surface area (Å²) in [4.78, 5) is 36.2. The molecule has 33 heavy (non-hydrogen) atoms. The number of nitrogens with one attached hydrogen (secondary N) is 2. The molecule has 8 heteroatoms. The Labute approximate surface area is 191 Å². The standard InChI is InChI=1S/C25H23N3O5/c1-17-6-8-19(9-7-17)24(30)26-16-23(29)28-27-15-18-4-3-5-22(14-18)33-25(31)20-10-12-21(32-2)13-11-20/h3-15H,16H2,1-2H3,(H,26,30)(H,28,29)/b27-15+. The molecular weight excluding hydrogens is 422 g/mol. The van der Waals surface area contributed by atoms with Crippen molar-refractivity contribution in [2.24, 2.45) is 5.10 Å². The molecule has 8 nitrogen and oxygen atoms in total. The van der Waals surface area contributed by atoms with E-state index in [1.165, 1.54) is 6.21 Å². The molecule has 0 unspecified atom stereocenters. The van der Waals surface area contributed by atoms with Crippen LogP contribution in [0.25, 0.3) is 0 Å². The Hall–Kier alpha value is -4.46. The lowest BCUT2D eigenvalue weighted by Crippen LogP contribution is -2.34. The highest BCUT2D eigenvalue weighted by Gasteiger charge is 2.09. The highest BCUT2D eigenvalue weighted by atomic mass is 16.5. The number of aryl methyl sites for hydroxylation is 1. The summed E-state index contributed by atoms with van der Waals surface area (Å²) in [5, 5.41) is 6.40. The Balaban J connectivity index is 1.49. The van der Waals surface area contributed by atoms with Gasteiger partial charge in [0, 0.05) is 5.56 Å². The largest absolute Gasteiger partial charge is 0.497 e. The van der Waals surface area contributed by atoms with Gasteiger partial charge >= 0.3 is 5.97 Å². The number of esters is 1. The number of ether oxygens (including phenoxy) is 2. The van der Waals surface area contributed by atoms with E-state index in [1.54, 1.807) is 67.8 Å². The second-order valence-electron chi connectivity index (χ2n) is 7.03. The van der Waals surface area contributed by atoms with E-state index in [2.05, 4.69) is 15.8 Å². The molecule has 0 aliphatic carbocycles. The Morgan fingerprint density at radius 2 is 1.61 bits per heavy atom. The number of hydrazone groups is 1. The van der Waals surface area contributed by atoms with Crippen LogP contribution < -0.4 is 20.2 Å². The van der Waals surface area contributed by atoms with Crippen LogP contribution in [0.4, 0.5) is 0 Å². The minimum absolute atomic E-state index is 0.219. The van der Waals surface area contributed by atoms with E-state index >= 15 is 0 Å². The molecule has 3 aromatic rings. The van der Waals surface area contributed by atoms with Gasteiger partial charge < -0.3 is 14.8 Å². The number of carbonyl (C=O) groups is 3. The van der Waals surface area contributed by atoms with Crippen molar-refractivity contribution in [1.82, 2.24) is 10.7 Å². The highest BCUT2D eigenvalue weighted by Crippen LogP contribution is 2.16. The highest BCUT2D eigenvalue weighted by molar-refractivity contribution is 5.96. The smallest absolute Gasteiger partial charge is 0.343 e. The third-order valence-electron chi connectivity index (χ3n) is 4.52. The quantitative estimate of drug-likeness (QED) is 0.240. The maximum Gasteiger partial charge on any atom is 0.343 e. The molecule has 2 amide bonds. The minimum atomic E-state index is -0.510. The molecule has 0 bridgehead atoms. The third kappa shape index (κ3) is 7.03. The summed E-state index contributed by atoms with van der Waals surface area (Å²) in [6.07, 6.45) is 1.41. The van der Waals surface area contributed by atoms with Crippen molar-refractivity contribution < 1.29 is 23.9 Å². The second-order valence-corrected chi connectivity index (χ2v) is 7.03. The summed E-state index contributed by atoms with van der Waals surface area (Å²) in [6, 6.07) is 20.3. The fourth-order valence-corrected chi connectivity index (χ4v) is 2.74. The molecule has 3 aromatic carbocycles. The normalized spacial score (nSPS) is 10.5. The molecule has 0 radical (unpaired) electrons. The fourth-order valence-electron chi connectivity index (χ4n) is 2.74. The van der Waals surface area contributed by atoms with Crippen LogP contribution in [0.3, 0.4) is 0 Å². The Morgan fingerprint density at radius 1 is 0.909 bits per heavy atom. The van der Waals surface area contributed by atoms with Gasteiger partial charge in [0.1, 0.15) is 11.5 Å². The van der Waals surface area contributed by atoms with E-state index in [-0.39, 0.29) is 12.5 Å². The van der Waals surface area contributed by atoms with Gasteiger partial charge in [-0.2, -0.15) is 5.10 Å². The Morgan fingerprint density at radius 3 is 2.30 bits per heavy atom. The van der Waals surface area contributed by atoms with Crippen LogP contribution in [-0.4, -0.2) is 37.7 Å². The lowest BCUT2D eigenvalue weighted by Gasteiger charge is -2.06. The van der Waals surface area contributed by atoms with Crippen LogP contribution in [0.5, 0.6) is 11.5 Å². The molecule has 0 aliphatic rings. The zero-order valence-electron chi connectivity index (χ0n) is 18.2. The summed E-state index contributed by atoms with van der Waals surface area (Å²) < 4.78 is 10.5. The van der Waals surface area contributed by atoms with E-state index in [0.717, 1.165) is 5.56 Å². The molecule has 0 aliphatic heterocycles. The first-order chi connectivity index (χ1) is 15.9. The number of hydrogen-bond acceptors (Lipinski definition) is 6. The van der Waals surface area contributed by atoms with Crippen molar-refractivity contribution in [3.05, 3.63) is 95.1 Å². The first kappa shape index (κ1) is 23.2. The van der Waals surface area contributed by atoms with E-state index in [4.69, 9.17) is 9.47 Å². The van der Waals surface area contributed by atoms with E-state index in [0.29, 0.717) is 28.2 Å². The van der Waals surface area contributed by atoms with Gasteiger partial charge in [0.05, 0.1) is 25.4 Å². The van der Waals surface area contributed by atoms with Crippen molar-refractivity contribution in [1.29, 1.82) is 0 Å². The molecule has 0 saturated carbocycles. The topological polar surface area (TPSA) is 106 Å². The lowest BCUT2D eigenvalue weighted by molar-refractivity contribution is -0.120. The van der Waals surface area contributed by atoms with Crippen molar-refractivity contribution in [3.8, 4) is 11.5 Å². The summed E-state index contributed by atoms with van der Waals surface area (Å²) in [5.74, 6) is -0.364. The molecule has 0 aromatic heterocycles. The average molecular weight is 445 g/mol. The maximum absolute atomic E-state index is 12.3. The van der Waals surface area contributed by atoms with Gasteiger partial charge in [-0.1, -0.05) is 29.8 Å². The predicted molar refractivity (Wildman–Crippen MR) is 124 cm³/mol. The summed E-state index contributed by atoms with van der Waals surface area (Å²) in [7, 11) is 1.55. The lowest BCUT2D eigenvalue weighted by atomic mass is 10.1. The summed E-state index contributed by atoms with van der Waals surface area (Å²) in [6.45, 7) is 1.71. The number of benzene rings is 3. The van der Waals surface area contributed by atoms with Gasteiger partial charge in [-0.05, 0) is 61.0 Å². The van der Waals surface area contributed by atoms with Gasteiger partial charge in [-0.25, -0.2) is 10.2 Å². The molecule has 0 saturated heterocycles. The first-order valence-corrected chi connectivity index (χ1v) is 10.1. The predicted octanol–water partition coefficient (Wildman–Crippen LogP) is 3.10. The SMILES string of the molecule is COc1ccc(C(=O)Oc2cccc(/C=N/NC(=O)CNC(=O)c3ccc(C)cc3)c2)cc1. The van der Waals surface area contributed by atoms with Crippen molar-refractivity contribution in [2.75, 3.05) is 13.7 Å². The minimum Gasteiger partial charge on any atom is -0.497 e. The second kappa shape index (κ2) is 11.2. The number of rotatable bonds is 8. The van der Waals surface area contributed by atoms with Crippen LogP contribution in [-0.2, 0) is 4.79 Å². The molecule has 2 N–H and O–H groups in total. The maximum atomic E-state index is 12.3. The number of amides is 2. The molecule has 0 heterocycles. The van der Waals surface area contributed by atoms with Crippen LogP contribution in [0.2, 0.25) is 0 Å². The number of hydrogen-bond donors (Lipinski definition) is 2. The van der Waals surface area contributed by atoms with Gasteiger partial charge in [0.25, 0.3) is 11.8 Å². The molecular formula is C25H23N3O5. The Bertz CT molecular complexity index is 1160. The Kier molecular flexibility index (Phi) is 7.91. The monoisotopic (exact) mass is 445 g/mol. The van der Waals surface area contributed by atoms with Crippen LogP contribution >= 0.6 is 0 Å². The number of carbonyl (C=O) groups excluding carboxylic acids is 3. The zero-order valence-corrected chi connectivity index (χ0v) is 18.2. The molecule has 168 valence electrons. The van der Waals surface area contributed by atoms with Crippen LogP contribution in [0.1, 0.15) is 31.8 Å². The van der Waals surface area contributed by atoms with Crippen LogP contribution in [0.15, 0.2) is 77.9 Å². The van der Waals surface area contributed by atoms with Gasteiger partial charge in [-0.15, -0.1) is 0 Å². The molecule has 0 fully saturated rings. The van der Waals surface area contributed by atoms with Crippen LogP contribution in [0, 0.1) is 6.92 Å². The zero-order chi connectivity index (χ0) is 23.6. The van der Waals surface area contributed by atoms with E-state index in [1.807, 2.05) is 19.1 Å². The fraction of sp³-hybridized carbons (Fsp3) is 0.120. The van der Waals surface area contributed by atoms with Gasteiger partial charge in [0.2, 0.25) is 0 Å².